The van der Waals surface area contributed by atoms with Crippen LogP contribution in [0.2, 0.25) is 0 Å². The topological polar surface area (TPSA) is 41.5 Å². The first-order valence-corrected chi connectivity index (χ1v) is 4.65. The predicted molar refractivity (Wildman–Crippen MR) is 54.8 cm³/mol. The van der Waals surface area contributed by atoms with Gasteiger partial charge >= 0.3 is 0 Å². The maximum absolute atomic E-state index is 9.73. The molecule has 1 unspecified atom stereocenters. The summed E-state index contributed by atoms with van der Waals surface area (Å²) in [4.78, 5) is 0. The molecule has 0 aliphatic rings. The molecule has 3 heteroatoms. The molecule has 78 valence electrons. The number of hydrogen-bond acceptors (Lipinski definition) is 3. The van der Waals surface area contributed by atoms with Crippen LogP contribution in [0.5, 0.6) is 0 Å². The maximum atomic E-state index is 9.73. The van der Waals surface area contributed by atoms with Crippen LogP contribution in [0.15, 0.2) is 12.7 Å². The van der Waals surface area contributed by atoms with Crippen LogP contribution in [0.1, 0.15) is 19.8 Å². The van der Waals surface area contributed by atoms with E-state index in [1.165, 1.54) is 0 Å². The van der Waals surface area contributed by atoms with Crippen molar-refractivity contribution in [3.8, 4) is 0 Å². The van der Waals surface area contributed by atoms with Crippen molar-refractivity contribution < 1.29 is 9.84 Å². The zero-order valence-electron chi connectivity index (χ0n) is 8.68. The summed E-state index contributed by atoms with van der Waals surface area (Å²) in [5.41, 5.74) is -0.623. The number of ether oxygens (including phenoxy) is 1. The molecule has 2 N–H and O–H groups in total. The van der Waals surface area contributed by atoms with E-state index in [1.807, 2.05) is 6.92 Å². The van der Waals surface area contributed by atoms with Crippen LogP contribution < -0.4 is 5.32 Å². The second-order valence-electron chi connectivity index (χ2n) is 3.48. The van der Waals surface area contributed by atoms with Gasteiger partial charge in [0.1, 0.15) is 0 Å². The Morgan fingerprint density at radius 2 is 2.23 bits per heavy atom. The molecule has 0 fully saturated rings. The second-order valence-corrected chi connectivity index (χ2v) is 3.48. The molecule has 0 radical (unpaired) electrons. The van der Waals surface area contributed by atoms with Crippen LogP contribution in [-0.4, -0.2) is 37.5 Å². The molecule has 0 aliphatic carbocycles. The molecule has 0 saturated heterocycles. The van der Waals surface area contributed by atoms with Crippen molar-refractivity contribution in [2.75, 3.05) is 26.8 Å². The molecule has 0 rings (SSSR count). The van der Waals surface area contributed by atoms with Crippen LogP contribution in [0, 0.1) is 0 Å². The van der Waals surface area contributed by atoms with E-state index < -0.39 is 5.60 Å². The van der Waals surface area contributed by atoms with E-state index in [9.17, 15) is 5.11 Å². The normalized spacial score (nSPS) is 15.3. The van der Waals surface area contributed by atoms with Crippen molar-refractivity contribution >= 4 is 0 Å². The van der Waals surface area contributed by atoms with Gasteiger partial charge in [0.2, 0.25) is 0 Å². The second kappa shape index (κ2) is 7.06. The van der Waals surface area contributed by atoms with Gasteiger partial charge in [-0.2, -0.15) is 0 Å². The zero-order chi connectivity index (χ0) is 10.2. The molecule has 13 heavy (non-hydrogen) atoms. The van der Waals surface area contributed by atoms with Gasteiger partial charge in [-0.3, -0.25) is 0 Å². The van der Waals surface area contributed by atoms with E-state index in [-0.39, 0.29) is 0 Å². The van der Waals surface area contributed by atoms with Crippen LogP contribution in [0.25, 0.3) is 0 Å². The highest BCUT2D eigenvalue weighted by atomic mass is 16.5. The fraction of sp³-hybridized carbons (Fsp3) is 0.800. The van der Waals surface area contributed by atoms with Crippen LogP contribution in [0.4, 0.5) is 0 Å². The monoisotopic (exact) mass is 187 g/mol. The van der Waals surface area contributed by atoms with Gasteiger partial charge in [0.25, 0.3) is 0 Å². The summed E-state index contributed by atoms with van der Waals surface area (Å²) < 4.78 is 4.88. The fourth-order valence-corrected chi connectivity index (χ4v) is 1.07. The Labute approximate surface area is 80.8 Å². The Morgan fingerprint density at radius 1 is 1.54 bits per heavy atom. The lowest BCUT2D eigenvalue weighted by molar-refractivity contribution is 0.0538. The Bertz CT molecular complexity index is 135. The van der Waals surface area contributed by atoms with E-state index in [4.69, 9.17) is 4.74 Å². The molecule has 0 aliphatic heterocycles. The zero-order valence-corrected chi connectivity index (χ0v) is 8.68. The van der Waals surface area contributed by atoms with Crippen LogP contribution >= 0.6 is 0 Å². The Morgan fingerprint density at radius 3 is 2.77 bits per heavy atom. The summed E-state index contributed by atoms with van der Waals surface area (Å²) in [5.74, 6) is 0. The summed E-state index contributed by atoms with van der Waals surface area (Å²) in [5, 5.41) is 12.9. The molecule has 0 aromatic heterocycles. The first-order valence-electron chi connectivity index (χ1n) is 4.65. The number of methoxy groups -OCH3 is 1. The molecular weight excluding hydrogens is 166 g/mol. The lowest BCUT2D eigenvalue weighted by Gasteiger charge is -2.21. The molecule has 0 aromatic rings. The smallest absolute Gasteiger partial charge is 0.0666 e. The van der Waals surface area contributed by atoms with E-state index in [0.717, 1.165) is 19.5 Å². The van der Waals surface area contributed by atoms with Crippen molar-refractivity contribution in [2.24, 2.45) is 0 Å². The molecule has 0 saturated carbocycles. The summed E-state index contributed by atoms with van der Waals surface area (Å²) in [6.45, 7) is 7.78. The molecule has 3 nitrogen and oxygen atoms in total. The Hall–Kier alpha value is -0.380. The lowest BCUT2D eigenvalue weighted by Crippen LogP contribution is -2.30. The molecule has 0 bridgehead atoms. The summed E-state index contributed by atoms with van der Waals surface area (Å²) in [6.07, 6.45) is 3.12. The molecule has 1 atom stereocenters. The largest absolute Gasteiger partial charge is 0.390 e. The molecule has 0 spiro atoms. The predicted octanol–water partition coefficient (Wildman–Crippen LogP) is 0.940. The molecular formula is C10H21NO2. The highest BCUT2D eigenvalue weighted by Crippen LogP contribution is 2.13. The van der Waals surface area contributed by atoms with Crippen molar-refractivity contribution in [2.45, 2.75) is 25.4 Å². The van der Waals surface area contributed by atoms with Gasteiger partial charge in [-0.15, -0.1) is 6.58 Å². The number of nitrogens with one attached hydrogen (secondary N) is 1. The van der Waals surface area contributed by atoms with Crippen molar-refractivity contribution in [1.29, 1.82) is 0 Å². The average molecular weight is 187 g/mol. The molecule has 0 aromatic carbocycles. The first-order chi connectivity index (χ1) is 6.12. The van der Waals surface area contributed by atoms with Gasteiger partial charge in [-0.05, 0) is 26.3 Å². The summed E-state index contributed by atoms with van der Waals surface area (Å²) in [7, 11) is 1.68. The third kappa shape index (κ3) is 7.96. The van der Waals surface area contributed by atoms with E-state index >= 15 is 0 Å². The van der Waals surface area contributed by atoms with E-state index in [2.05, 4.69) is 11.9 Å². The Kier molecular flexibility index (Phi) is 6.86. The summed E-state index contributed by atoms with van der Waals surface area (Å²) in [6, 6.07) is 0. The minimum atomic E-state index is -0.623. The van der Waals surface area contributed by atoms with Crippen molar-refractivity contribution in [3.63, 3.8) is 0 Å². The van der Waals surface area contributed by atoms with Crippen LogP contribution in [0.3, 0.4) is 0 Å². The van der Waals surface area contributed by atoms with E-state index in [1.54, 1.807) is 13.2 Å². The number of hydrogen-bond donors (Lipinski definition) is 2. The van der Waals surface area contributed by atoms with Gasteiger partial charge in [0.05, 0.1) is 12.2 Å². The SMILES string of the molecule is C=CCC(C)(O)CCNCCOC. The average Bonchev–Trinajstić information content (AvgIpc) is 2.04. The molecule has 0 amide bonds. The fourth-order valence-electron chi connectivity index (χ4n) is 1.07. The van der Waals surface area contributed by atoms with Gasteiger partial charge in [0.15, 0.2) is 0 Å². The maximum Gasteiger partial charge on any atom is 0.0666 e. The van der Waals surface area contributed by atoms with Gasteiger partial charge < -0.3 is 15.2 Å². The molecule has 0 heterocycles. The number of rotatable bonds is 8. The highest BCUT2D eigenvalue weighted by molar-refractivity contribution is 4.82. The lowest BCUT2D eigenvalue weighted by atomic mass is 9.98. The van der Waals surface area contributed by atoms with Crippen LogP contribution in [-0.2, 0) is 4.74 Å². The van der Waals surface area contributed by atoms with E-state index in [0.29, 0.717) is 13.0 Å². The third-order valence-corrected chi connectivity index (χ3v) is 1.91. The summed E-state index contributed by atoms with van der Waals surface area (Å²) >= 11 is 0. The van der Waals surface area contributed by atoms with Gasteiger partial charge in [0, 0.05) is 13.7 Å². The highest BCUT2D eigenvalue weighted by Gasteiger charge is 2.16. The quantitative estimate of drug-likeness (QED) is 0.439. The van der Waals surface area contributed by atoms with Gasteiger partial charge in [-0.1, -0.05) is 6.08 Å². The third-order valence-electron chi connectivity index (χ3n) is 1.91. The Balaban J connectivity index is 3.34. The first kappa shape index (κ1) is 12.6. The minimum Gasteiger partial charge on any atom is -0.390 e. The number of aliphatic hydroxyl groups is 1. The van der Waals surface area contributed by atoms with Crippen molar-refractivity contribution in [3.05, 3.63) is 12.7 Å². The van der Waals surface area contributed by atoms with Crippen molar-refractivity contribution in [1.82, 2.24) is 5.32 Å². The minimum absolute atomic E-state index is 0.623. The standard InChI is InChI=1S/C10H21NO2/c1-4-5-10(2,12)6-7-11-8-9-13-3/h4,11-12H,1,5-9H2,2-3H3. The van der Waals surface area contributed by atoms with Gasteiger partial charge in [-0.25, -0.2) is 0 Å².